The third-order valence-corrected chi connectivity index (χ3v) is 3.55. The molecule has 0 radical (unpaired) electrons. The third-order valence-electron chi connectivity index (χ3n) is 2.06. The molecule has 3 nitrogen and oxygen atoms in total. The van der Waals surface area contributed by atoms with E-state index in [1.54, 1.807) is 6.07 Å². The van der Waals surface area contributed by atoms with E-state index < -0.39 is 0 Å². The van der Waals surface area contributed by atoms with Crippen LogP contribution in [0.3, 0.4) is 0 Å². The Labute approximate surface area is 95.2 Å². The molecule has 1 aromatic rings. The molecule has 2 rings (SSSR count). The smallest absolute Gasteiger partial charge is 0.253 e. The van der Waals surface area contributed by atoms with Gasteiger partial charge in [0.25, 0.3) is 5.91 Å². The van der Waals surface area contributed by atoms with Crippen LogP contribution >= 0.6 is 34.5 Å². The number of hydrogen-bond acceptors (Lipinski definition) is 3. The summed E-state index contributed by atoms with van der Waals surface area (Å²) < 4.78 is 0.932. The normalized spacial score (nSPS) is 24.8. The first-order chi connectivity index (χ1) is 6.58. The predicted octanol–water partition coefficient (Wildman–Crippen LogP) is 1.88. The van der Waals surface area contributed by atoms with Crippen LogP contribution < -0.4 is 11.1 Å². The quantitative estimate of drug-likeness (QED) is 0.843. The molecule has 1 fully saturated rings. The second-order valence-corrected chi connectivity index (χ2v) is 5.50. The standard InChI is InChI=1S/C8H8Cl2N2OS/c9-6-1-3(7(10)14-6)8(13)12-5-2-4(5)11/h1,4-5H,2,11H2,(H,12,13). The van der Waals surface area contributed by atoms with E-state index in [9.17, 15) is 4.79 Å². The summed E-state index contributed by atoms with van der Waals surface area (Å²) in [5.41, 5.74) is 6.00. The van der Waals surface area contributed by atoms with Crippen molar-refractivity contribution in [1.82, 2.24) is 5.32 Å². The van der Waals surface area contributed by atoms with Gasteiger partial charge in [-0.05, 0) is 12.5 Å². The Morgan fingerprint density at radius 1 is 1.64 bits per heavy atom. The van der Waals surface area contributed by atoms with Gasteiger partial charge in [0.05, 0.1) is 9.90 Å². The highest BCUT2D eigenvalue weighted by Gasteiger charge is 2.35. The number of amides is 1. The topological polar surface area (TPSA) is 55.1 Å². The average Bonchev–Trinajstić information content (AvgIpc) is 2.64. The molecule has 1 aliphatic rings. The second kappa shape index (κ2) is 3.70. The van der Waals surface area contributed by atoms with Gasteiger partial charge in [0.1, 0.15) is 4.34 Å². The van der Waals surface area contributed by atoms with E-state index in [-0.39, 0.29) is 18.0 Å². The molecule has 1 aliphatic carbocycles. The molecule has 1 heterocycles. The van der Waals surface area contributed by atoms with E-state index in [1.165, 1.54) is 11.3 Å². The second-order valence-electron chi connectivity index (χ2n) is 3.22. The Morgan fingerprint density at radius 2 is 2.29 bits per heavy atom. The molecule has 0 aromatic carbocycles. The van der Waals surface area contributed by atoms with Gasteiger partial charge in [0, 0.05) is 12.1 Å². The summed E-state index contributed by atoms with van der Waals surface area (Å²) >= 11 is 12.7. The lowest BCUT2D eigenvalue weighted by Gasteiger charge is -2.01. The Balaban J connectivity index is 2.07. The van der Waals surface area contributed by atoms with Gasteiger partial charge >= 0.3 is 0 Å². The number of halogens is 2. The van der Waals surface area contributed by atoms with Gasteiger partial charge in [-0.3, -0.25) is 4.79 Å². The van der Waals surface area contributed by atoms with Gasteiger partial charge < -0.3 is 11.1 Å². The highest BCUT2D eigenvalue weighted by atomic mass is 35.5. The molecule has 1 amide bonds. The molecule has 0 saturated heterocycles. The highest BCUT2D eigenvalue weighted by molar-refractivity contribution is 7.20. The molecule has 3 N–H and O–H groups in total. The minimum absolute atomic E-state index is 0.0897. The van der Waals surface area contributed by atoms with Crippen molar-refractivity contribution in [2.24, 2.45) is 5.73 Å². The molecular formula is C8H8Cl2N2OS. The molecule has 76 valence electrons. The van der Waals surface area contributed by atoms with Crippen LogP contribution in [-0.2, 0) is 0 Å². The zero-order chi connectivity index (χ0) is 10.3. The van der Waals surface area contributed by atoms with Crippen LogP contribution in [-0.4, -0.2) is 18.0 Å². The highest BCUT2D eigenvalue weighted by Crippen LogP contribution is 2.31. The van der Waals surface area contributed by atoms with Crippen LogP contribution in [0.4, 0.5) is 0 Å². The maximum absolute atomic E-state index is 11.6. The van der Waals surface area contributed by atoms with Crippen LogP contribution in [0.25, 0.3) is 0 Å². The first-order valence-corrected chi connectivity index (χ1v) is 5.66. The van der Waals surface area contributed by atoms with Crippen LogP contribution in [0.5, 0.6) is 0 Å². The first kappa shape index (κ1) is 10.2. The summed E-state index contributed by atoms with van der Waals surface area (Å²) in [7, 11) is 0. The van der Waals surface area contributed by atoms with E-state index >= 15 is 0 Å². The van der Waals surface area contributed by atoms with Crippen LogP contribution in [0.2, 0.25) is 8.67 Å². The SMILES string of the molecule is NC1CC1NC(=O)c1cc(Cl)sc1Cl. The van der Waals surface area contributed by atoms with Gasteiger partial charge in [0.15, 0.2) is 0 Å². The molecule has 1 aromatic heterocycles. The van der Waals surface area contributed by atoms with Gasteiger partial charge in [-0.1, -0.05) is 23.2 Å². The zero-order valence-electron chi connectivity index (χ0n) is 7.09. The van der Waals surface area contributed by atoms with E-state index in [1.807, 2.05) is 0 Å². The van der Waals surface area contributed by atoms with E-state index in [4.69, 9.17) is 28.9 Å². The molecule has 0 aliphatic heterocycles. The fraction of sp³-hybridized carbons (Fsp3) is 0.375. The lowest BCUT2D eigenvalue weighted by Crippen LogP contribution is -2.29. The monoisotopic (exact) mass is 250 g/mol. The fourth-order valence-corrected chi connectivity index (χ4v) is 2.58. The summed E-state index contributed by atoms with van der Waals surface area (Å²) in [5, 5.41) is 2.77. The maximum atomic E-state index is 11.6. The van der Waals surface area contributed by atoms with Crippen molar-refractivity contribution in [3.63, 3.8) is 0 Å². The minimum atomic E-state index is -0.198. The van der Waals surface area contributed by atoms with Crippen molar-refractivity contribution in [2.45, 2.75) is 18.5 Å². The van der Waals surface area contributed by atoms with Gasteiger partial charge in [-0.2, -0.15) is 0 Å². The number of carbonyl (C=O) groups excluding carboxylic acids is 1. The summed E-state index contributed by atoms with van der Waals surface area (Å²) in [5.74, 6) is -0.198. The summed E-state index contributed by atoms with van der Waals surface area (Å²) in [6, 6.07) is 1.75. The van der Waals surface area contributed by atoms with Crippen LogP contribution in [0.15, 0.2) is 6.07 Å². The lowest BCUT2D eigenvalue weighted by molar-refractivity contribution is 0.0951. The zero-order valence-corrected chi connectivity index (χ0v) is 9.42. The molecule has 6 heteroatoms. The molecule has 1 saturated carbocycles. The molecule has 14 heavy (non-hydrogen) atoms. The van der Waals surface area contributed by atoms with Crippen molar-refractivity contribution >= 4 is 40.4 Å². The van der Waals surface area contributed by atoms with Crippen molar-refractivity contribution < 1.29 is 4.79 Å². The van der Waals surface area contributed by atoms with Crippen LogP contribution in [0, 0.1) is 0 Å². The summed E-state index contributed by atoms with van der Waals surface area (Å²) in [6.07, 6.45) is 0.835. The third kappa shape index (κ3) is 2.03. The average molecular weight is 251 g/mol. The molecule has 2 atom stereocenters. The molecule has 0 bridgehead atoms. The Morgan fingerprint density at radius 3 is 2.71 bits per heavy atom. The number of hydrogen-bond donors (Lipinski definition) is 2. The predicted molar refractivity (Wildman–Crippen MR) is 58.2 cm³/mol. The van der Waals surface area contributed by atoms with Crippen molar-refractivity contribution in [1.29, 1.82) is 0 Å². The van der Waals surface area contributed by atoms with Crippen LogP contribution in [0.1, 0.15) is 16.8 Å². The molecular weight excluding hydrogens is 243 g/mol. The largest absolute Gasteiger partial charge is 0.348 e. The summed E-state index contributed by atoms with van der Waals surface area (Å²) in [6.45, 7) is 0. The van der Waals surface area contributed by atoms with Crippen molar-refractivity contribution in [2.75, 3.05) is 0 Å². The lowest BCUT2D eigenvalue weighted by atomic mass is 10.3. The number of rotatable bonds is 2. The Kier molecular flexibility index (Phi) is 2.70. The maximum Gasteiger partial charge on any atom is 0.253 e. The number of nitrogens with one attached hydrogen (secondary N) is 1. The fourth-order valence-electron chi connectivity index (χ4n) is 1.12. The number of nitrogens with two attached hydrogens (primary N) is 1. The van der Waals surface area contributed by atoms with Crippen molar-refractivity contribution in [3.05, 3.63) is 20.3 Å². The Hall–Kier alpha value is -0.290. The first-order valence-electron chi connectivity index (χ1n) is 4.09. The van der Waals surface area contributed by atoms with Crippen molar-refractivity contribution in [3.8, 4) is 0 Å². The van der Waals surface area contributed by atoms with E-state index in [0.29, 0.717) is 14.2 Å². The van der Waals surface area contributed by atoms with Gasteiger partial charge in [-0.25, -0.2) is 0 Å². The van der Waals surface area contributed by atoms with Gasteiger partial charge in [0.2, 0.25) is 0 Å². The van der Waals surface area contributed by atoms with E-state index in [0.717, 1.165) is 6.42 Å². The minimum Gasteiger partial charge on any atom is -0.348 e. The molecule has 0 spiro atoms. The number of thiophene rings is 1. The van der Waals surface area contributed by atoms with Gasteiger partial charge in [-0.15, -0.1) is 11.3 Å². The Bertz CT molecular complexity index is 379. The summed E-state index contributed by atoms with van der Waals surface area (Å²) in [4.78, 5) is 11.6. The molecule has 2 unspecified atom stereocenters. The number of carbonyl (C=O) groups is 1. The van der Waals surface area contributed by atoms with E-state index in [2.05, 4.69) is 5.32 Å².